The molecule has 0 unspecified atom stereocenters. The number of aromatic nitrogens is 3. The third-order valence-corrected chi connectivity index (χ3v) is 3.99. The molecule has 0 bridgehead atoms. The molecule has 1 fully saturated rings. The molecule has 0 atom stereocenters. The first-order chi connectivity index (χ1) is 10.4. The predicted molar refractivity (Wildman–Crippen MR) is 83.9 cm³/mol. The summed E-state index contributed by atoms with van der Waals surface area (Å²) in [7, 11) is 0. The van der Waals surface area contributed by atoms with Gasteiger partial charge in [-0.25, -0.2) is 9.97 Å². The summed E-state index contributed by atoms with van der Waals surface area (Å²) in [4.78, 5) is 13.7. The van der Waals surface area contributed by atoms with E-state index >= 15 is 0 Å². The number of fused-ring (bicyclic) bond motifs is 1. The van der Waals surface area contributed by atoms with Gasteiger partial charge in [0.1, 0.15) is 0 Å². The van der Waals surface area contributed by atoms with Crippen molar-refractivity contribution >= 4 is 17.2 Å². The number of imidazole rings is 1. The number of rotatable bonds is 2. The standard InChI is InChI=1S/C16H17N5/c1-2-4-14(5-3-1)19-10-12-21(13-11-19)16-15-17-6-8-20(15)9-7-18-16/h1-9H,10-13H2. The van der Waals surface area contributed by atoms with Crippen LogP contribution in [0.1, 0.15) is 0 Å². The maximum absolute atomic E-state index is 4.52. The maximum atomic E-state index is 4.52. The SMILES string of the molecule is c1ccc(N2CCN(c3nccn4ccnc34)CC2)cc1. The number of benzene rings is 1. The van der Waals surface area contributed by atoms with Crippen LogP contribution in [-0.4, -0.2) is 40.5 Å². The molecule has 1 aliphatic rings. The van der Waals surface area contributed by atoms with Crippen molar-refractivity contribution in [1.82, 2.24) is 14.4 Å². The predicted octanol–water partition coefficient (Wildman–Crippen LogP) is 2.06. The van der Waals surface area contributed by atoms with Crippen molar-refractivity contribution in [2.24, 2.45) is 0 Å². The molecule has 1 aromatic carbocycles. The largest absolute Gasteiger partial charge is 0.368 e. The molecular weight excluding hydrogens is 262 g/mol. The third kappa shape index (κ3) is 2.20. The zero-order chi connectivity index (χ0) is 14.1. The van der Waals surface area contributed by atoms with E-state index in [-0.39, 0.29) is 0 Å². The van der Waals surface area contributed by atoms with Gasteiger partial charge in [0, 0.05) is 56.7 Å². The van der Waals surface area contributed by atoms with Gasteiger partial charge in [0.15, 0.2) is 11.5 Å². The number of piperazine rings is 1. The maximum Gasteiger partial charge on any atom is 0.180 e. The zero-order valence-electron chi connectivity index (χ0n) is 11.8. The monoisotopic (exact) mass is 279 g/mol. The first-order valence-corrected chi connectivity index (χ1v) is 7.24. The summed E-state index contributed by atoms with van der Waals surface area (Å²) in [5, 5.41) is 0. The molecule has 0 spiro atoms. The number of nitrogens with zero attached hydrogens (tertiary/aromatic N) is 5. The quantitative estimate of drug-likeness (QED) is 0.719. The van der Waals surface area contributed by atoms with Crippen molar-refractivity contribution in [3.63, 3.8) is 0 Å². The van der Waals surface area contributed by atoms with E-state index in [2.05, 4.69) is 50.1 Å². The Hall–Kier alpha value is -2.56. The highest BCUT2D eigenvalue weighted by molar-refractivity contribution is 5.64. The van der Waals surface area contributed by atoms with Crippen LogP contribution in [0.25, 0.3) is 5.65 Å². The Morgan fingerprint density at radius 3 is 2.19 bits per heavy atom. The molecule has 4 rings (SSSR count). The van der Waals surface area contributed by atoms with Crippen molar-refractivity contribution in [2.75, 3.05) is 36.0 Å². The van der Waals surface area contributed by atoms with Gasteiger partial charge in [-0.15, -0.1) is 0 Å². The average molecular weight is 279 g/mol. The van der Waals surface area contributed by atoms with Crippen LogP contribution in [0.4, 0.5) is 11.5 Å². The summed E-state index contributed by atoms with van der Waals surface area (Å²) < 4.78 is 2.02. The van der Waals surface area contributed by atoms with Crippen LogP contribution >= 0.6 is 0 Å². The second kappa shape index (κ2) is 5.09. The molecule has 21 heavy (non-hydrogen) atoms. The fourth-order valence-electron chi connectivity index (χ4n) is 2.88. The molecule has 0 saturated carbocycles. The lowest BCUT2D eigenvalue weighted by Crippen LogP contribution is -2.47. The smallest absolute Gasteiger partial charge is 0.180 e. The van der Waals surface area contributed by atoms with Gasteiger partial charge in [-0.05, 0) is 12.1 Å². The summed E-state index contributed by atoms with van der Waals surface area (Å²) in [5.74, 6) is 0.982. The Labute approximate surface area is 123 Å². The van der Waals surface area contributed by atoms with Gasteiger partial charge in [-0.1, -0.05) is 18.2 Å². The van der Waals surface area contributed by atoms with Crippen LogP contribution in [0.15, 0.2) is 55.1 Å². The third-order valence-electron chi connectivity index (χ3n) is 3.99. The van der Waals surface area contributed by atoms with Crippen molar-refractivity contribution < 1.29 is 0 Å². The molecule has 3 aromatic rings. The second-order valence-corrected chi connectivity index (χ2v) is 5.22. The normalized spacial score (nSPS) is 15.6. The molecule has 0 N–H and O–H groups in total. The molecule has 5 nitrogen and oxygen atoms in total. The van der Waals surface area contributed by atoms with Crippen LogP contribution in [0.2, 0.25) is 0 Å². The lowest BCUT2D eigenvalue weighted by Gasteiger charge is -2.36. The van der Waals surface area contributed by atoms with Gasteiger partial charge >= 0.3 is 0 Å². The van der Waals surface area contributed by atoms with Crippen LogP contribution < -0.4 is 9.80 Å². The molecule has 1 aliphatic heterocycles. The molecule has 0 amide bonds. The van der Waals surface area contributed by atoms with E-state index in [1.165, 1.54) is 5.69 Å². The molecule has 1 saturated heterocycles. The zero-order valence-corrected chi connectivity index (χ0v) is 11.8. The topological polar surface area (TPSA) is 36.7 Å². The van der Waals surface area contributed by atoms with E-state index in [0.29, 0.717) is 0 Å². The van der Waals surface area contributed by atoms with Gasteiger partial charge in [-0.2, -0.15) is 0 Å². The lowest BCUT2D eigenvalue weighted by molar-refractivity contribution is 0.647. The van der Waals surface area contributed by atoms with E-state index in [4.69, 9.17) is 0 Å². The first kappa shape index (κ1) is 12.2. The van der Waals surface area contributed by atoms with Gasteiger partial charge in [0.2, 0.25) is 0 Å². The van der Waals surface area contributed by atoms with E-state index in [1.54, 1.807) is 0 Å². The Kier molecular flexibility index (Phi) is 2.96. The molecule has 2 aromatic heterocycles. The Bertz CT molecular complexity index is 729. The molecule has 106 valence electrons. The minimum Gasteiger partial charge on any atom is -0.368 e. The van der Waals surface area contributed by atoms with Crippen LogP contribution in [0.5, 0.6) is 0 Å². The van der Waals surface area contributed by atoms with Crippen molar-refractivity contribution in [3.05, 3.63) is 55.1 Å². The van der Waals surface area contributed by atoms with E-state index in [1.807, 2.05) is 29.2 Å². The first-order valence-electron chi connectivity index (χ1n) is 7.24. The minimum atomic E-state index is 0.936. The summed E-state index contributed by atoms with van der Waals surface area (Å²) in [5.41, 5.74) is 2.23. The summed E-state index contributed by atoms with van der Waals surface area (Å²) in [6.07, 6.45) is 7.56. The van der Waals surface area contributed by atoms with Crippen molar-refractivity contribution in [3.8, 4) is 0 Å². The minimum absolute atomic E-state index is 0.936. The number of hydrogen-bond donors (Lipinski definition) is 0. The average Bonchev–Trinajstić information content (AvgIpc) is 3.04. The summed E-state index contributed by atoms with van der Waals surface area (Å²) in [6, 6.07) is 10.6. The number of para-hydroxylation sites is 1. The molecule has 0 radical (unpaired) electrons. The highest BCUT2D eigenvalue weighted by atomic mass is 15.3. The number of anilines is 2. The Morgan fingerprint density at radius 1 is 0.762 bits per heavy atom. The molecule has 0 aliphatic carbocycles. The van der Waals surface area contributed by atoms with Crippen molar-refractivity contribution in [2.45, 2.75) is 0 Å². The summed E-state index contributed by atoms with van der Waals surface area (Å²) >= 11 is 0. The van der Waals surface area contributed by atoms with E-state index in [9.17, 15) is 0 Å². The van der Waals surface area contributed by atoms with Gasteiger partial charge in [0.25, 0.3) is 0 Å². The number of hydrogen-bond acceptors (Lipinski definition) is 4. The lowest BCUT2D eigenvalue weighted by atomic mass is 10.2. The van der Waals surface area contributed by atoms with Crippen LogP contribution in [0, 0.1) is 0 Å². The second-order valence-electron chi connectivity index (χ2n) is 5.22. The van der Waals surface area contributed by atoms with Gasteiger partial charge < -0.3 is 14.2 Å². The highest BCUT2D eigenvalue weighted by Gasteiger charge is 2.20. The van der Waals surface area contributed by atoms with Gasteiger partial charge in [-0.3, -0.25) is 0 Å². The fourth-order valence-corrected chi connectivity index (χ4v) is 2.88. The molecule has 3 heterocycles. The van der Waals surface area contributed by atoms with Crippen LogP contribution in [-0.2, 0) is 0 Å². The fraction of sp³-hybridized carbons (Fsp3) is 0.250. The van der Waals surface area contributed by atoms with Crippen LogP contribution in [0.3, 0.4) is 0 Å². The molecular formula is C16H17N5. The summed E-state index contributed by atoms with van der Waals surface area (Å²) in [6.45, 7) is 3.95. The Balaban J connectivity index is 1.54. The van der Waals surface area contributed by atoms with E-state index in [0.717, 1.165) is 37.6 Å². The van der Waals surface area contributed by atoms with Gasteiger partial charge in [0.05, 0.1) is 0 Å². The molecule has 5 heteroatoms. The van der Waals surface area contributed by atoms with Crippen molar-refractivity contribution in [1.29, 1.82) is 0 Å². The highest BCUT2D eigenvalue weighted by Crippen LogP contribution is 2.21. The van der Waals surface area contributed by atoms with E-state index < -0.39 is 0 Å². The Morgan fingerprint density at radius 2 is 1.43 bits per heavy atom.